The average Bonchev–Trinajstić information content (AvgIpc) is 3.39. The Labute approximate surface area is 238 Å². The first-order valence-corrected chi connectivity index (χ1v) is 14.1. The lowest BCUT2D eigenvalue weighted by Crippen LogP contribution is -2.44. The first-order valence-electron chi connectivity index (χ1n) is 14.1. The first-order chi connectivity index (χ1) is 20.0. The van der Waals surface area contributed by atoms with Gasteiger partial charge in [0.05, 0.1) is 23.4 Å². The maximum absolute atomic E-state index is 11.4. The van der Waals surface area contributed by atoms with Crippen molar-refractivity contribution >= 4 is 28.5 Å². The van der Waals surface area contributed by atoms with E-state index >= 15 is 0 Å². The molecule has 2 aromatic heterocycles. The number of nitrogens with one attached hydrogen (secondary N) is 2. The standard InChI is InChI=1S/C31H34N6O4/c1-19-12-13-21-22(7-2-9-24(21)35-26-10-3-11-27(26)38)28(19)41-29-23(8-4-15-32-29)25-14-16-33-30(36-25)34-20-6-5-17-37(18-20)31(39)40/h2,4,7-9,12-16,20,26-27,35,38H,3,5-6,10-11,17-18H2,1H3,(H,39,40)(H,33,34,36)/t20-,26?,27?/m0/s1. The fourth-order valence-electron chi connectivity index (χ4n) is 5.80. The number of pyridine rings is 1. The van der Waals surface area contributed by atoms with Crippen molar-refractivity contribution in [1.82, 2.24) is 19.9 Å². The molecule has 1 aliphatic carbocycles. The molecule has 4 aromatic rings. The van der Waals surface area contributed by atoms with Crippen molar-refractivity contribution in [3.8, 4) is 22.9 Å². The number of piperidine rings is 1. The minimum absolute atomic E-state index is 0.0371. The number of hydrogen-bond donors (Lipinski definition) is 4. The molecule has 3 heterocycles. The summed E-state index contributed by atoms with van der Waals surface area (Å²) in [4.78, 5) is 26.5. The van der Waals surface area contributed by atoms with Crippen molar-refractivity contribution in [1.29, 1.82) is 0 Å². The molecule has 1 saturated carbocycles. The molecule has 3 atom stereocenters. The van der Waals surface area contributed by atoms with Gasteiger partial charge in [-0.3, -0.25) is 0 Å². The van der Waals surface area contributed by atoms with Crippen LogP contribution in [0.4, 0.5) is 16.4 Å². The molecule has 1 amide bonds. The topological polar surface area (TPSA) is 133 Å². The SMILES string of the molecule is Cc1ccc2c(NC3CCCC3O)cccc2c1Oc1ncccc1-c1ccnc(N[C@H]2CCCN(C(=O)O)C2)n1. The summed E-state index contributed by atoms with van der Waals surface area (Å²) in [6.45, 7) is 2.94. The lowest BCUT2D eigenvalue weighted by atomic mass is 10.0. The largest absolute Gasteiger partial charge is 0.465 e. The molecule has 10 nitrogen and oxygen atoms in total. The number of benzene rings is 2. The highest BCUT2D eigenvalue weighted by Crippen LogP contribution is 2.39. The molecule has 2 aromatic carbocycles. The number of aliphatic hydroxyl groups excluding tert-OH is 1. The number of amides is 1. The van der Waals surface area contributed by atoms with E-state index in [2.05, 4.69) is 26.7 Å². The van der Waals surface area contributed by atoms with E-state index in [9.17, 15) is 15.0 Å². The second-order valence-electron chi connectivity index (χ2n) is 10.8. The predicted molar refractivity (Wildman–Crippen MR) is 158 cm³/mol. The van der Waals surface area contributed by atoms with Crippen molar-refractivity contribution in [2.45, 2.75) is 57.2 Å². The summed E-state index contributed by atoms with van der Waals surface area (Å²) in [5.74, 6) is 1.56. The molecule has 212 valence electrons. The number of likely N-dealkylation sites (tertiary alicyclic amines) is 1. The van der Waals surface area contributed by atoms with E-state index in [-0.39, 0.29) is 18.2 Å². The van der Waals surface area contributed by atoms with Crippen LogP contribution in [0.1, 0.15) is 37.7 Å². The Kier molecular flexibility index (Phi) is 7.56. The number of fused-ring (bicyclic) bond motifs is 1. The zero-order chi connectivity index (χ0) is 28.3. The average molecular weight is 555 g/mol. The molecule has 0 spiro atoms. The van der Waals surface area contributed by atoms with Gasteiger partial charge in [-0.25, -0.2) is 19.7 Å². The Morgan fingerprint density at radius 3 is 2.71 bits per heavy atom. The Balaban J connectivity index is 1.28. The number of carboxylic acid groups (broad SMARTS) is 1. The Morgan fingerprint density at radius 2 is 1.88 bits per heavy atom. The zero-order valence-corrected chi connectivity index (χ0v) is 23.0. The van der Waals surface area contributed by atoms with Crippen LogP contribution >= 0.6 is 0 Å². The molecular formula is C31H34N6O4. The number of anilines is 2. The molecule has 1 aliphatic heterocycles. The lowest BCUT2D eigenvalue weighted by Gasteiger charge is -2.31. The molecule has 0 bridgehead atoms. The van der Waals surface area contributed by atoms with Crippen LogP contribution in [0.3, 0.4) is 0 Å². The molecule has 10 heteroatoms. The van der Waals surface area contributed by atoms with Crippen molar-refractivity contribution in [3.63, 3.8) is 0 Å². The predicted octanol–water partition coefficient (Wildman–Crippen LogP) is 5.67. The van der Waals surface area contributed by atoms with Gasteiger partial charge in [0.15, 0.2) is 0 Å². The minimum atomic E-state index is -0.911. The molecule has 4 N–H and O–H groups in total. The van der Waals surface area contributed by atoms with E-state index in [0.29, 0.717) is 41.9 Å². The van der Waals surface area contributed by atoms with Gasteiger partial charge in [0, 0.05) is 48.0 Å². The van der Waals surface area contributed by atoms with Crippen LogP contribution in [0.5, 0.6) is 11.6 Å². The van der Waals surface area contributed by atoms with Gasteiger partial charge >= 0.3 is 6.09 Å². The molecule has 1 saturated heterocycles. The van der Waals surface area contributed by atoms with Gasteiger partial charge in [-0.1, -0.05) is 24.3 Å². The second kappa shape index (κ2) is 11.6. The minimum Gasteiger partial charge on any atom is -0.465 e. The van der Waals surface area contributed by atoms with Crippen molar-refractivity contribution in [2.24, 2.45) is 0 Å². The summed E-state index contributed by atoms with van der Waals surface area (Å²) in [6.07, 6.45) is 6.52. The molecule has 2 fully saturated rings. The van der Waals surface area contributed by atoms with Crippen LogP contribution in [-0.4, -0.2) is 67.4 Å². The number of hydrogen-bond acceptors (Lipinski definition) is 8. The zero-order valence-electron chi connectivity index (χ0n) is 23.0. The van der Waals surface area contributed by atoms with Gasteiger partial charge in [-0.2, -0.15) is 0 Å². The summed E-state index contributed by atoms with van der Waals surface area (Å²) < 4.78 is 6.54. The number of rotatable bonds is 7. The summed E-state index contributed by atoms with van der Waals surface area (Å²) >= 11 is 0. The molecule has 0 radical (unpaired) electrons. The van der Waals surface area contributed by atoms with Crippen LogP contribution in [-0.2, 0) is 0 Å². The third kappa shape index (κ3) is 5.74. The maximum atomic E-state index is 11.4. The van der Waals surface area contributed by atoms with E-state index in [1.165, 1.54) is 4.90 Å². The number of aryl methyl sites for hydroxylation is 1. The summed E-state index contributed by atoms with van der Waals surface area (Å²) in [5.41, 5.74) is 3.30. The molecule has 41 heavy (non-hydrogen) atoms. The highest BCUT2D eigenvalue weighted by molar-refractivity contribution is 5.98. The van der Waals surface area contributed by atoms with Crippen LogP contribution in [0.25, 0.3) is 22.0 Å². The van der Waals surface area contributed by atoms with Crippen molar-refractivity contribution < 1.29 is 19.7 Å². The van der Waals surface area contributed by atoms with E-state index in [1.807, 2.05) is 49.4 Å². The molecule has 6 rings (SSSR count). The quantitative estimate of drug-likeness (QED) is 0.228. The Hall–Kier alpha value is -4.44. The van der Waals surface area contributed by atoms with Crippen LogP contribution < -0.4 is 15.4 Å². The van der Waals surface area contributed by atoms with Gasteiger partial charge in [-0.15, -0.1) is 0 Å². The van der Waals surface area contributed by atoms with E-state index in [4.69, 9.17) is 9.72 Å². The van der Waals surface area contributed by atoms with Crippen LogP contribution in [0.2, 0.25) is 0 Å². The lowest BCUT2D eigenvalue weighted by molar-refractivity contribution is 0.132. The van der Waals surface area contributed by atoms with Crippen molar-refractivity contribution in [3.05, 3.63) is 66.5 Å². The number of carbonyl (C=O) groups is 1. The van der Waals surface area contributed by atoms with Gasteiger partial charge in [-0.05, 0) is 68.9 Å². The van der Waals surface area contributed by atoms with E-state index in [1.54, 1.807) is 12.4 Å². The Morgan fingerprint density at radius 1 is 0.976 bits per heavy atom. The highest BCUT2D eigenvalue weighted by atomic mass is 16.5. The Bertz CT molecular complexity index is 1560. The second-order valence-corrected chi connectivity index (χ2v) is 10.8. The summed E-state index contributed by atoms with van der Waals surface area (Å²) in [7, 11) is 0. The normalized spacial score (nSPS) is 20.6. The summed E-state index contributed by atoms with van der Waals surface area (Å²) in [6, 6.07) is 15.7. The van der Waals surface area contributed by atoms with E-state index in [0.717, 1.165) is 54.1 Å². The third-order valence-corrected chi connectivity index (χ3v) is 7.96. The van der Waals surface area contributed by atoms with Crippen molar-refractivity contribution in [2.75, 3.05) is 23.7 Å². The van der Waals surface area contributed by atoms with Gasteiger partial charge < -0.3 is 30.5 Å². The molecule has 2 unspecified atom stereocenters. The van der Waals surface area contributed by atoms with Gasteiger partial charge in [0.2, 0.25) is 11.8 Å². The smallest absolute Gasteiger partial charge is 0.407 e. The first kappa shape index (κ1) is 26.8. The monoisotopic (exact) mass is 554 g/mol. The van der Waals surface area contributed by atoms with Crippen LogP contribution in [0, 0.1) is 6.92 Å². The van der Waals surface area contributed by atoms with E-state index < -0.39 is 6.09 Å². The van der Waals surface area contributed by atoms with Crippen LogP contribution in [0.15, 0.2) is 60.9 Å². The summed E-state index contributed by atoms with van der Waals surface area (Å²) in [5, 5.41) is 28.6. The third-order valence-electron chi connectivity index (χ3n) is 7.96. The van der Waals surface area contributed by atoms with Gasteiger partial charge in [0.25, 0.3) is 0 Å². The number of ether oxygens (including phenoxy) is 1. The number of aliphatic hydroxyl groups is 1. The fourth-order valence-corrected chi connectivity index (χ4v) is 5.80. The molecule has 2 aliphatic rings. The fraction of sp³-hybridized carbons (Fsp3) is 0.355. The molecular weight excluding hydrogens is 520 g/mol. The number of aromatic nitrogens is 3. The number of nitrogens with zero attached hydrogens (tertiary/aromatic N) is 4. The maximum Gasteiger partial charge on any atom is 0.407 e. The highest BCUT2D eigenvalue weighted by Gasteiger charge is 2.26. The van der Waals surface area contributed by atoms with Gasteiger partial charge in [0.1, 0.15) is 5.75 Å².